The number of aromatic nitrogens is 5. The largest absolute Gasteiger partial charge is 0.416 e. The first-order chi connectivity index (χ1) is 18.6. The molecule has 39 heavy (non-hydrogen) atoms. The first kappa shape index (κ1) is 25.5. The molecule has 2 aliphatic rings. The first-order valence-electron chi connectivity index (χ1n) is 12.1. The second kappa shape index (κ2) is 9.45. The lowest BCUT2D eigenvalue weighted by atomic mass is 9.65. The Labute approximate surface area is 225 Å². The van der Waals surface area contributed by atoms with Crippen LogP contribution >= 0.6 is 11.9 Å². The van der Waals surface area contributed by atoms with Crippen molar-refractivity contribution >= 4 is 17.7 Å². The van der Waals surface area contributed by atoms with E-state index in [0.717, 1.165) is 40.1 Å². The van der Waals surface area contributed by atoms with Gasteiger partial charge in [-0.15, -0.1) is 0 Å². The van der Waals surface area contributed by atoms with Gasteiger partial charge in [-0.05, 0) is 60.3 Å². The molecule has 0 spiro atoms. The molecule has 0 fully saturated rings. The zero-order valence-electron chi connectivity index (χ0n) is 20.7. The molecular weight excluding hydrogens is 532 g/mol. The number of nitrogens with zero attached hydrogens (tertiary/aromatic N) is 6. The predicted molar refractivity (Wildman–Crippen MR) is 136 cm³/mol. The van der Waals surface area contributed by atoms with Crippen LogP contribution in [0.1, 0.15) is 27.3 Å². The number of halogens is 4. The second-order valence-corrected chi connectivity index (χ2v) is 10.9. The molecule has 0 saturated heterocycles. The topological polar surface area (TPSA) is 68.8 Å². The Morgan fingerprint density at radius 3 is 2.62 bits per heavy atom. The standard InChI is InChI=1S/C27H22F4N6OS/c1-35-15-22(14-33-35)39-36-9-7-18-11-24-17(13-34-37(24)21-4-2-20(28)3-5-21)12-26(18,16-36)25(38)23-10-19(6-8-32-23)27(29,30)31/h2-8,10,13-15H,9,11-12,16H2,1H3. The van der Waals surface area contributed by atoms with E-state index in [9.17, 15) is 22.4 Å². The van der Waals surface area contributed by atoms with E-state index in [4.69, 9.17) is 0 Å². The van der Waals surface area contributed by atoms with Crippen molar-refractivity contribution in [3.63, 3.8) is 0 Å². The Morgan fingerprint density at radius 2 is 1.90 bits per heavy atom. The highest BCUT2D eigenvalue weighted by atomic mass is 32.2. The molecule has 1 unspecified atom stereocenters. The van der Waals surface area contributed by atoms with Crippen LogP contribution in [0.25, 0.3) is 5.69 Å². The smallest absolute Gasteiger partial charge is 0.291 e. The Morgan fingerprint density at radius 1 is 1.10 bits per heavy atom. The van der Waals surface area contributed by atoms with E-state index >= 15 is 0 Å². The Balaban J connectivity index is 1.41. The third-order valence-corrected chi connectivity index (χ3v) is 8.11. The fraction of sp³-hybridized carbons (Fsp3) is 0.259. The number of hydrogen-bond donors (Lipinski definition) is 0. The van der Waals surface area contributed by atoms with Gasteiger partial charge >= 0.3 is 6.18 Å². The molecule has 200 valence electrons. The summed E-state index contributed by atoms with van der Waals surface area (Å²) < 4.78 is 59.4. The number of ketones is 1. The number of carbonyl (C=O) groups is 1. The number of rotatable bonds is 5. The Kier molecular flexibility index (Phi) is 6.18. The van der Waals surface area contributed by atoms with Crippen molar-refractivity contribution in [2.45, 2.75) is 23.9 Å². The normalized spacial score (nSPS) is 19.4. The summed E-state index contributed by atoms with van der Waals surface area (Å²) in [5.41, 5.74) is 0.895. The van der Waals surface area contributed by atoms with E-state index < -0.39 is 22.9 Å². The fourth-order valence-electron chi connectivity index (χ4n) is 5.28. The molecular formula is C27H22F4N6OS. The van der Waals surface area contributed by atoms with Crippen LogP contribution in [-0.4, -0.2) is 47.7 Å². The molecule has 1 aliphatic heterocycles. The third kappa shape index (κ3) is 4.67. The number of carbonyl (C=O) groups excluding carboxylic acids is 1. The van der Waals surface area contributed by atoms with Crippen LogP contribution in [0.3, 0.4) is 0 Å². The molecule has 4 heterocycles. The van der Waals surface area contributed by atoms with Crippen LogP contribution in [0.2, 0.25) is 0 Å². The summed E-state index contributed by atoms with van der Waals surface area (Å²) in [5, 5.41) is 8.72. The molecule has 0 saturated carbocycles. The van der Waals surface area contributed by atoms with E-state index in [1.54, 1.807) is 33.9 Å². The SMILES string of the molecule is Cn1cc(SN2CC=C3Cc4c(cnn4-c4ccc(F)cc4)CC3(C(=O)c3cc(C(F)(F)F)ccn3)C2)cn1. The maximum Gasteiger partial charge on any atom is 0.416 e. The third-order valence-electron chi connectivity index (χ3n) is 7.15. The summed E-state index contributed by atoms with van der Waals surface area (Å²) in [6, 6.07) is 7.66. The predicted octanol–water partition coefficient (Wildman–Crippen LogP) is 5.08. The van der Waals surface area contributed by atoms with Crippen molar-refractivity contribution in [1.29, 1.82) is 0 Å². The lowest BCUT2D eigenvalue weighted by Gasteiger charge is -2.44. The van der Waals surface area contributed by atoms with E-state index in [2.05, 4.69) is 15.2 Å². The lowest BCUT2D eigenvalue weighted by Crippen LogP contribution is -2.50. The average Bonchev–Trinajstić information content (AvgIpc) is 3.52. The first-order valence-corrected chi connectivity index (χ1v) is 12.9. The van der Waals surface area contributed by atoms with Crippen molar-refractivity contribution in [3.05, 3.63) is 101 Å². The molecule has 6 rings (SSSR count). The van der Waals surface area contributed by atoms with Crippen molar-refractivity contribution < 1.29 is 22.4 Å². The molecule has 1 aromatic carbocycles. The summed E-state index contributed by atoms with van der Waals surface area (Å²) in [4.78, 5) is 19.1. The highest BCUT2D eigenvalue weighted by Gasteiger charge is 2.50. The van der Waals surface area contributed by atoms with E-state index in [-0.39, 0.29) is 24.5 Å². The molecule has 0 amide bonds. The number of hydrogen-bond acceptors (Lipinski definition) is 6. The average molecular weight is 555 g/mol. The van der Waals surface area contributed by atoms with Crippen LogP contribution in [0.4, 0.5) is 17.6 Å². The van der Waals surface area contributed by atoms with Gasteiger partial charge in [0, 0.05) is 39.0 Å². The number of alkyl halides is 3. The minimum atomic E-state index is -4.60. The van der Waals surface area contributed by atoms with Gasteiger partial charge in [0.05, 0.1) is 39.6 Å². The molecule has 12 heteroatoms. The van der Waals surface area contributed by atoms with Crippen LogP contribution in [0.15, 0.2) is 77.7 Å². The van der Waals surface area contributed by atoms with Crippen molar-refractivity contribution in [1.82, 2.24) is 28.9 Å². The van der Waals surface area contributed by atoms with Crippen LogP contribution in [0, 0.1) is 11.2 Å². The van der Waals surface area contributed by atoms with E-state index in [0.29, 0.717) is 18.7 Å². The molecule has 1 atom stereocenters. The molecule has 7 nitrogen and oxygen atoms in total. The summed E-state index contributed by atoms with van der Waals surface area (Å²) in [6.07, 6.45) is 4.29. The lowest BCUT2D eigenvalue weighted by molar-refractivity contribution is -0.137. The van der Waals surface area contributed by atoms with Crippen LogP contribution in [-0.2, 0) is 26.1 Å². The number of pyridine rings is 1. The Bertz CT molecular complexity index is 1590. The van der Waals surface area contributed by atoms with Crippen LogP contribution in [0.5, 0.6) is 0 Å². The van der Waals surface area contributed by atoms with Crippen molar-refractivity contribution in [3.8, 4) is 5.69 Å². The minimum Gasteiger partial charge on any atom is -0.291 e. The number of aryl methyl sites for hydroxylation is 1. The summed E-state index contributed by atoms with van der Waals surface area (Å²) in [7, 11) is 1.81. The van der Waals surface area contributed by atoms with Gasteiger partial charge in [0.2, 0.25) is 0 Å². The van der Waals surface area contributed by atoms with Gasteiger partial charge < -0.3 is 0 Å². The van der Waals surface area contributed by atoms with Gasteiger partial charge in [-0.25, -0.2) is 13.4 Å². The quantitative estimate of drug-likeness (QED) is 0.148. The van der Waals surface area contributed by atoms with Crippen LogP contribution < -0.4 is 0 Å². The molecule has 0 bridgehead atoms. The number of benzene rings is 1. The van der Waals surface area contributed by atoms with Gasteiger partial charge in [-0.2, -0.15) is 23.4 Å². The molecule has 3 aromatic heterocycles. The van der Waals surface area contributed by atoms with Gasteiger partial charge in [0.1, 0.15) is 11.5 Å². The summed E-state index contributed by atoms with van der Waals surface area (Å²) in [5.74, 6) is -0.823. The number of Topliss-reactive ketones (excluding diaryl/α,β-unsaturated/α-hetero) is 1. The summed E-state index contributed by atoms with van der Waals surface area (Å²) in [6.45, 7) is 0.802. The van der Waals surface area contributed by atoms with Gasteiger partial charge in [-0.1, -0.05) is 11.6 Å². The minimum absolute atomic E-state index is 0.224. The highest BCUT2D eigenvalue weighted by Crippen LogP contribution is 2.47. The van der Waals surface area contributed by atoms with Gasteiger partial charge in [0.15, 0.2) is 5.78 Å². The number of fused-ring (bicyclic) bond motifs is 2. The maximum atomic E-state index is 14.2. The molecule has 4 aromatic rings. The van der Waals surface area contributed by atoms with E-state index in [1.807, 2.05) is 23.6 Å². The zero-order chi connectivity index (χ0) is 27.4. The van der Waals surface area contributed by atoms with E-state index in [1.165, 1.54) is 24.1 Å². The summed E-state index contributed by atoms with van der Waals surface area (Å²) >= 11 is 1.44. The van der Waals surface area contributed by atoms with Crippen molar-refractivity contribution in [2.24, 2.45) is 12.5 Å². The van der Waals surface area contributed by atoms with Gasteiger partial charge in [0.25, 0.3) is 0 Å². The monoisotopic (exact) mass is 554 g/mol. The molecule has 1 aliphatic carbocycles. The maximum absolute atomic E-state index is 14.2. The molecule has 0 radical (unpaired) electrons. The van der Waals surface area contributed by atoms with Gasteiger partial charge in [-0.3, -0.25) is 14.5 Å². The highest BCUT2D eigenvalue weighted by molar-refractivity contribution is 7.97. The fourth-order valence-corrected chi connectivity index (χ4v) is 6.30. The van der Waals surface area contributed by atoms with Crippen molar-refractivity contribution in [2.75, 3.05) is 13.1 Å². The Hall–Kier alpha value is -3.77. The molecule has 0 N–H and O–H groups in total. The second-order valence-electron chi connectivity index (χ2n) is 9.69. The zero-order valence-corrected chi connectivity index (χ0v) is 21.5.